The van der Waals surface area contributed by atoms with Gasteiger partial charge in [-0.3, -0.25) is 4.79 Å². The van der Waals surface area contributed by atoms with Gasteiger partial charge in [-0.1, -0.05) is 41.9 Å². The van der Waals surface area contributed by atoms with Crippen molar-refractivity contribution >= 4 is 23.2 Å². The molecule has 0 aliphatic carbocycles. The maximum absolute atomic E-state index is 13.8. The van der Waals surface area contributed by atoms with Gasteiger partial charge in [-0.25, -0.2) is 14.1 Å². The van der Waals surface area contributed by atoms with E-state index in [4.69, 9.17) is 11.6 Å². The second kappa shape index (κ2) is 7.62. The molecule has 4 rings (SSSR count). The number of hydrogen-bond donors (Lipinski definition) is 1. The maximum Gasteiger partial charge on any atom is 0.295 e. The van der Waals surface area contributed by atoms with Crippen molar-refractivity contribution in [3.8, 4) is 17.1 Å². The molecule has 0 bridgehead atoms. The smallest absolute Gasteiger partial charge is 0.295 e. The molecule has 1 N–H and O–H groups in total. The number of nitrogens with zero attached hydrogens (tertiary/aromatic N) is 3. The molecule has 0 aliphatic rings. The minimum atomic E-state index is -0.602. The van der Waals surface area contributed by atoms with Gasteiger partial charge in [0.25, 0.3) is 5.91 Å². The number of aromatic nitrogens is 3. The lowest BCUT2D eigenvalue weighted by atomic mass is 10.2. The van der Waals surface area contributed by atoms with Crippen LogP contribution in [0, 0.1) is 5.82 Å². The number of nitrogens with one attached hydrogen (secondary N) is 1. The first-order valence-corrected chi connectivity index (χ1v) is 8.84. The van der Waals surface area contributed by atoms with Crippen LogP contribution in [-0.2, 0) is 0 Å². The Morgan fingerprint density at radius 1 is 0.929 bits per heavy atom. The third-order valence-corrected chi connectivity index (χ3v) is 4.29. The van der Waals surface area contributed by atoms with Crippen molar-refractivity contribution in [1.82, 2.24) is 14.8 Å². The number of amides is 1. The Morgan fingerprint density at radius 3 is 2.32 bits per heavy atom. The zero-order valence-corrected chi connectivity index (χ0v) is 15.3. The monoisotopic (exact) mass is 392 g/mol. The van der Waals surface area contributed by atoms with E-state index < -0.39 is 11.7 Å². The first kappa shape index (κ1) is 17.9. The quantitative estimate of drug-likeness (QED) is 0.533. The van der Waals surface area contributed by atoms with Crippen molar-refractivity contribution in [3.63, 3.8) is 0 Å². The van der Waals surface area contributed by atoms with Gasteiger partial charge in [0.2, 0.25) is 5.82 Å². The van der Waals surface area contributed by atoms with Gasteiger partial charge in [0, 0.05) is 10.6 Å². The van der Waals surface area contributed by atoms with Gasteiger partial charge in [0.05, 0.1) is 11.4 Å². The maximum atomic E-state index is 13.8. The number of carbonyl (C=O) groups is 1. The summed E-state index contributed by atoms with van der Waals surface area (Å²) in [5.74, 6) is -0.732. The lowest BCUT2D eigenvalue weighted by Crippen LogP contribution is -2.15. The van der Waals surface area contributed by atoms with E-state index in [0.717, 1.165) is 11.3 Å². The number of anilines is 1. The van der Waals surface area contributed by atoms with Gasteiger partial charge >= 0.3 is 0 Å². The average Bonchev–Trinajstić information content (AvgIpc) is 3.16. The fraction of sp³-hybridized carbons (Fsp3) is 0. The Hall–Kier alpha value is -3.51. The topological polar surface area (TPSA) is 59.8 Å². The molecule has 138 valence electrons. The van der Waals surface area contributed by atoms with Gasteiger partial charge in [0.1, 0.15) is 5.82 Å². The molecule has 5 nitrogen and oxygen atoms in total. The van der Waals surface area contributed by atoms with Crippen LogP contribution in [0.3, 0.4) is 0 Å². The molecule has 0 unspecified atom stereocenters. The summed E-state index contributed by atoms with van der Waals surface area (Å²) in [5.41, 5.74) is 1.55. The highest BCUT2D eigenvalue weighted by molar-refractivity contribution is 6.30. The average molecular weight is 393 g/mol. The molecular formula is C21H14ClFN4O. The number of halogens is 2. The van der Waals surface area contributed by atoms with E-state index in [9.17, 15) is 9.18 Å². The molecule has 3 aromatic carbocycles. The molecule has 1 amide bonds. The van der Waals surface area contributed by atoms with Crippen molar-refractivity contribution in [2.75, 3.05) is 5.32 Å². The van der Waals surface area contributed by atoms with Crippen LogP contribution in [0.1, 0.15) is 10.6 Å². The van der Waals surface area contributed by atoms with E-state index in [1.54, 1.807) is 41.1 Å². The van der Waals surface area contributed by atoms with E-state index >= 15 is 0 Å². The van der Waals surface area contributed by atoms with E-state index in [1.165, 1.54) is 12.1 Å². The second-order valence-corrected chi connectivity index (χ2v) is 6.38. The molecule has 0 aliphatic heterocycles. The Labute approximate surface area is 165 Å². The highest BCUT2D eigenvalue weighted by Gasteiger charge is 2.19. The van der Waals surface area contributed by atoms with Crippen LogP contribution < -0.4 is 5.32 Å². The molecule has 1 heterocycles. The Balaban J connectivity index is 1.76. The summed E-state index contributed by atoms with van der Waals surface area (Å²) in [4.78, 5) is 17.0. The summed E-state index contributed by atoms with van der Waals surface area (Å²) < 4.78 is 15.4. The van der Waals surface area contributed by atoms with Gasteiger partial charge in [-0.2, -0.15) is 0 Å². The number of carbonyl (C=O) groups excluding carboxylic acids is 1. The van der Waals surface area contributed by atoms with Gasteiger partial charge in [-0.15, -0.1) is 5.10 Å². The van der Waals surface area contributed by atoms with E-state index in [0.29, 0.717) is 10.8 Å². The fourth-order valence-corrected chi connectivity index (χ4v) is 2.81. The van der Waals surface area contributed by atoms with Crippen molar-refractivity contribution < 1.29 is 9.18 Å². The van der Waals surface area contributed by atoms with Crippen LogP contribution in [0.4, 0.5) is 10.1 Å². The standard InChI is InChI=1S/C21H14ClFN4O/c22-15-12-10-14(11-13-15)20-25-19(26-27(20)16-6-2-1-3-7-16)21(28)24-18-9-5-4-8-17(18)23/h1-13H,(H,24,28). The predicted molar refractivity (Wildman–Crippen MR) is 106 cm³/mol. The molecule has 0 spiro atoms. The van der Waals surface area contributed by atoms with Crippen LogP contribution in [0.5, 0.6) is 0 Å². The summed E-state index contributed by atoms with van der Waals surface area (Å²) in [6, 6.07) is 22.3. The zero-order chi connectivity index (χ0) is 19.5. The second-order valence-electron chi connectivity index (χ2n) is 5.95. The van der Waals surface area contributed by atoms with Crippen LogP contribution in [0.2, 0.25) is 5.02 Å². The zero-order valence-electron chi connectivity index (χ0n) is 14.5. The minimum Gasteiger partial charge on any atom is -0.317 e. The Bertz CT molecular complexity index is 1130. The molecule has 0 saturated carbocycles. The molecule has 0 saturated heterocycles. The van der Waals surface area contributed by atoms with Gasteiger partial charge in [0.15, 0.2) is 5.82 Å². The lowest BCUT2D eigenvalue weighted by Gasteiger charge is -2.05. The summed E-state index contributed by atoms with van der Waals surface area (Å²) in [5, 5.41) is 7.44. The number of para-hydroxylation sites is 2. The van der Waals surface area contributed by atoms with E-state index in [-0.39, 0.29) is 11.5 Å². The van der Waals surface area contributed by atoms with Crippen molar-refractivity contribution in [3.05, 3.63) is 95.5 Å². The van der Waals surface area contributed by atoms with Gasteiger partial charge < -0.3 is 5.32 Å². The normalized spacial score (nSPS) is 10.6. The Morgan fingerprint density at radius 2 is 1.61 bits per heavy atom. The molecule has 28 heavy (non-hydrogen) atoms. The van der Waals surface area contributed by atoms with E-state index in [2.05, 4.69) is 15.4 Å². The molecule has 4 aromatic rings. The predicted octanol–water partition coefficient (Wildman–Crippen LogP) is 4.98. The van der Waals surface area contributed by atoms with Gasteiger partial charge in [-0.05, 0) is 48.5 Å². The lowest BCUT2D eigenvalue weighted by molar-refractivity contribution is 0.101. The van der Waals surface area contributed by atoms with Crippen LogP contribution >= 0.6 is 11.6 Å². The summed E-state index contributed by atoms with van der Waals surface area (Å²) in [7, 11) is 0. The van der Waals surface area contributed by atoms with Crippen molar-refractivity contribution in [1.29, 1.82) is 0 Å². The van der Waals surface area contributed by atoms with Crippen LogP contribution in [0.15, 0.2) is 78.9 Å². The summed E-state index contributed by atoms with van der Waals surface area (Å²) in [6.45, 7) is 0. The Kier molecular flexibility index (Phi) is 4.87. The SMILES string of the molecule is O=C(Nc1ccccc1F)c1nc(-c2ccc(Cl)cc2)n(-c2ccccc2)n1. The molecule has 0 fully saturated rings. The van der Waals surface area contributed by atoms with Crippen molar-refractivity contribution in [2.45, 2.75) is 0 Å². The summed E-state index contributed by atoms with van der Waals surface area (Å²) in [6.07, 6.45) is 0. The number of hydrogen-bond acceptors (Lipinski definition) is 3. The highest BCUT2D eigenvalue weighted by atomic mass is 35.5. The molecule has 7 heteroatoms. The number of benzene rings is 3. The van der Waals surface area contributed by atoms with Crippen LogP contribution in [-0.4, -0.2) is 20.7 Å². The largest absolute Gasteiger partial charge is 0.317 e. The molecule has 0 radical (unpaired) electrons. The summed E-state index contributed by atoms with van der Waals surface area (Å²) >= 11 is 5.97. The fourth-order valence-electron chi connectivity index (χ4n) is 2.68. The molecule has 1 aromatic heterocycles. The first-order valence-electron chi connectivity index (χ1n) is 8.46. The highest BCUT2D eigenvalue weighted by Crippen LogP contribution is 2.23. The van der Waals surface area contributed by atoms with Crippen LogP contribution in [0.25, 0.3) is 17.1 Å². The minimum absolute atomic E-state index is 0.0663. The van der Waals surface area contributed by atoms with E-state index in [1.807, 2.05) is 30.3 Å². The molecular weight excluding hydrogens is 379 g/mol. The first-order chi connectivity index (χ1) is 13.6. The molecule has 0 atom stereocenters. The van der Waals surface area contributed by atoms with Crippen molar-refractivity contribution in [2.24, 2.45) is 0 Å². The third-order valence-electron chi connectivity index (χ3n) is 4.04. The third kappa shape index (κ3) is 3.63. The number of rotatable bonds is 4.